The first-order valence-corrected chi connectivity index (χ1v) is 11.7. The van der Waals surface area contributed by atoms with Gasteiger partial charge in [0.15, 0.2) is 0 Å². The van der Waals surface area contributed by atoms with Gasteiger partial charge in [-0.15, -0.1) is 0 Å². The Labute approximate surface area is 202 Å². The normalized spacial score (nSPS) is 23.7. The van der Waals surface area contributed by atoms with E-state index in [1.54, 1.807) is 12.1 Å². The molecule has 6 nitrogen and oxygen atoms in total. The number of carbonyl (C=O) groups is 1. The predicted molar refractivity (Wildman–Crippen MR) is 123 cm³/mol. The molecule has 1 fully saturated rings. The zero-order chi connectivity index (χ0) is 29.1. The molecule has 0 spiro atoms. The number of hydrogen-bond donors (Lipinski definition) is 0. The van der Waals surface area contributed by atoms with E-state index in [0.717, 1.165) is 52.9 Å². The molecule has 3 aromatic rings. The van der Waals surface area contributed by atoms with Crippen LogP contribution >= 0.6 is 15.9 Å². The zero-order valence-corrected chi connectivity index (χ0v) is 19.4. The summed E-state index contributed by atoms with van der Waals surface area (Å²) in [6.45, 7) is -2.76. The molecule has 1 aliphatic rings. The number of carbonyl (C=O) groups excluding carboxylic acids is 1. The standard InChI is InChI=1S/C22H25BrN2O4Se/c1-4-13(2)28-21(26)16-11-14-5-6-15-18(23)17(12-25-9-7-24(3)8-10-25)30-20(15)19(14)29-22(16)27/h5-6,11,13H,4,7-10,12H2,1-3H3/i1D3,2D3,4D2,13D. The average molecular weight is 549 g/mol. The van der Waals surface area contributed by atoms with E-state index < -0.39 is 43.3 Å². The van der Waals surface area contributed by atoms with E-state index in [2.05, 4.69) is 37.5 Å². The van der Waals surface area contributed by atoms with Crippen molar-refractivity contribution in [1.82, 2.24) is 9.80 Å². The molecule has 0 saturated carbocycles. The van der Waals surface area contributed by atoms with Crippen molar-refractivity contribution >= 4 is 57.0 Å². The van der Waals surface area contributed by atoms with Gasteiger partial charge in [-0.1, -0.05) is 0 Å². The van der Waals surface area contributed by atoms with Crippen molar-refractivity contribution in [2.24, 2.45) is 0 Å². The predicted octanol–water partition coefficient (Wildman–Crippen LogP) is 3.47. The monoisotopic (exact) mass is 549 g/mol. The number of nitrogens with zero attached hydrogens (tertiary/aromatic N) is 2. The number of benzene rings is 1. The molecular formula is C22H25BrN2O4Se. The summed E-state index contributed by atoms with van der Waals surface area (Å²) in [6.07, 6.45) is -7.63. The molecule has 1 aliphatic heterocycles. The number of hydrogen-bond acceptors (Lipinski definition) is 6. The van der Waals surface area contributed by atoms with Crippen molar-refractivity contribution in [3.05, 3.63) is 43.1 Å². The minimum absolute atomic E-state index is 0.192. The summed E-state index contributed by atoms with van der Waals surface area (Å²) in [7, 11) is 2.08. The fraction of sp³-hybridized carbons (Fsp3) is 0.455. The number of ether oxygens (including phenoxy) is 1. The first-order chi connectivity index (χ1) is 17.9. The van der Waals surface area contributed by atoms with Gasteiger partial charge in [0.25, 0.3) is 0 Å². The van der Waals surface area contributed by atoms with Gasteiger partial charge in [0.1, 0.15) is 0 Å². The summed E-state index contributed by atoms with van der Waals surface area (Å²) in [5.74, 6) is -1.68. The van der Waals surface area contributed by atoms with Gasteiger partial charge < -0.3 is 0 Å². The van der Waals surface area contributed by atoms with Crippen LogP contribution in [0, 0.1) is 0 Å². The number of rotatable bonds is 5. The molecule has 30 heavy (non-hydrogen) atoms. The summed E-state index contributed by atoms with van der Waals surface area (Å²) < 4.78 is 81.6. The fourth-order valence-electron chi connectivity index (χ4n) is 3.38. The summed E-state index contributed by atoms with van der Waals surface area (Å²) in [6, 6.07) is 4.54. The van der Waals surface area contributed by atoms with Crippen LogP contribution in [0.2, 0.25) is 0 Å². The molecule has 1 aromatic carbocycles. The van der Waals surface area contributed by atoms with Crippen molar-refractivity contribution in [2.45, 2.75) is 32.7 Å². The third-order valence-corrected chi connectivity index (χ3v) is 9.05. The second-order valence-corrected chi connectivity index (χ2v) is 10.2. The molecule has 1 saturated heterocycles. The van der Waals surface area contributed by atoms with Crippen LogP contribution in [0.4, 0.5) is 0 Å². The summed E-state index contributed by atoms with van der Waals surface area (Å²) >= 11 is 3.49. The van der Waals surface area contributed by atoms with E-state index in [1.807, 2.05) is 0 Å². The van der Waals surface area contributed by atoms with Crippen molar-refractivity contribution in [2.75, 3.05) is 33.2 Å². The van der Waals surface area contributed by atoms with E-state index >= 15 is 0 Å². The molecule has 160 valence electrons. The van der Waals surface area contributed by atoms with E-state index in [4.69, 9.17) is 16.8 Å². The van der Waals surface area contributed by atoms with E-state index in [0.29, 0.717) is 5.39 Å². The Balaban J connectivity index is 1.72. The van der Waals surface area contributed by atoms with Crippen LogP contribution in [0.5, 0.6) is 0 Å². The molecule has 0 bridgehead atoms. The van der Waals surface area contributed by atoms with Gasteiger partial charge in [0, 0.05) is 0 Å². The van der Waals surface area contributed by atoms with Crippen molar-refractivity contribution in [3.63, 3.8) is 0 Å². The van der Waals surface area contributed by atoms with Crippen LogP contribution in [-0.2, 0) is 11.3 Å². The van der Waals surface area contributed by atoms with Gasteiger partial charge in [-0.05, 0) is 0 Å². The number of fused-ring (bicyclic) bond motifs is 3. The third kappa shape index (κ3) is 4.29. The van der Waals surface area contributed by atoms with E-state index in [9.17, 15) is 9.59 Å². The second-order valence-electron chi connectivity index (χ2n) is 7.07. The molecule has 4 rings (SSSR count). The van der Waals surface area contributed by atoms with Crippen molar-refractivity contribution in [3.8, 4) is 0 Å². The van der Waals surface area contributed by atoms with Crippen molar-refractivity contribution < 1.29 is 26.3 Å². The van der Waals surface area contributed by atoms with Gasteiger partial charge in [0.2, 0.25) is 0 Å². The quantitative estimate of drug-likeness (QED) is 0.276. The Bertz CT molecular complexity index is 1480. The van der Waals surface area contributed by atoms with E-state index in [1.165, 1.54) is 4.44 Å². The Morgan fingerprint density at radius 3 is 2.97 bits per heavy atom. The zero-order valence-electron chi connectivity index (χ0n) is 25.1. The maximum absolute atomic E-state index is 12.9. The van der Waals surface area contributed by atoms with Gasteiger partial charge in [0.05, 0.1) is 0 Å². The SMILES string of the molecule is [2H]C([2H])([2H])C([2H])([2H])C([2H])(OC(=O)c1cc2ccc3c(Br)c(CN4CCN(C)CC4)[se]c3c2oc1=O)C([2H])([2H])[2H]. The molecule has 0 N–H and O–H groups in total. The molecule has 1 atom stereocenters. The summed E-state index contributed by atoms with van der Waals surface area (Å²) in [5.41, 5.74) is -1.70. The first-order valence-electron chi connectivity index (χ1n) is 13.7. The average Bonchev–Trinajstić information content (AvgIpc) is 3.14. The topological polar surface area (TPSA) is 63.0 Å². The molecule has 1 unspecified atom stereocenters. The van der Waals surface area contributed by atoms with Crippen LogP contribution in [-0.4, -0.2) is 69.6 Å². The van der Waals surface area contributed by atoms with E-state index in [-0.39, 0.29) is 20.1 Å². The third-order valence-electron chi connectivity index (χ3n) is 5.05. The number of piperazine rings is 1. The molecule has 0 radical (unpaired) electrons. The number of likely N-dealkylation sites (N-methyl/N-ethyl adjacent to an activating group) is 1. The van der Waals surface area contributed by atoms with Gasteiger partial charge in [-0.3, -0.25) is 0 Å². The van der Waals surface area contributed by atoms with Gasteiger partial charge in [-0.2, -0.15) is 0 Å². The molecular weight excluding hydrogens is 515 g/mol. The minimum atomic E-state index is -3.84. The molecule has 3 heterocycles. The molecule has 2 aromatic heterocycles. The van der Waals surface area contributed by atoms with Crippen molar-refractivity contribution in [1.29, 1.82) is 0 Å². The van der Waals surface area contributed by atoms with Crippen LogP contribution in [0.25, 0.3) is 20.6 Å². The second kappa shape index (κ2) is 8.97. The summed E-state index contributed by atoms with van der Waals surface area (Å²) in [4.78, 5) is 30.4. The molecule has 0 amide bonds. The van der Waals surface area contributed by atoms with Crippen LogP contribution in [0.15, 0.2) is 31.9 Å². The van der Waals surface area contributed by atoms with Crippen LogP contribution in [0.1, 0.15) is 47.2 Å². The van der Waals surface area contributed by atoms with Gasteiger partial charge >= 0.3 is 202 Å². The Kier molecular flexibility index (Phi) is 3.94. The van der Waals surface area contributed by atoms with Gasteiger partial charge in [-0.25, -0.2) is 0 Å². The summed E-state index contributed by atoms with van der Waals surface area (Å²) in [5, 5.41) is 1.20. The fourth-order valence-corrected chi connectivity index (χ4v) is 7.12. The molecule has 8 heteroatoms. The number of halogens is 1. The maximum atomic E-state index is 12.9. The van der Waals surface area contributed by atoms with Crippen LogP contribution < -0.4 is 5.63 Å². The van der Waals surface area contributed by atoms with Crippen LogP contribution in [0.3, 0.4) is 0 Å². The Morgan fingerprint density at radius 1 is 1.43 bits per heavy atom. The first kappa shape index (κ1) is 13.2. The molecule has 0 aliphatic carbocycles. The Morgan fingerprint density at radius 2 is 2.23 bits per heavy atom. The Hall–Kier alpha value is -1.44. The number of esters is 1.